The molecule has 26 nitrogen and oxygen atoms in total. The molecule has 3 saturated heterocycles. The van der Waals surface area contributed by atoms with Crippen LogP contribution < -0.4 is 26.8 Å². The van der Waals surface area contributed by atoms with E-state index in [0.29, 0.717) is 24.8 Å². The third-order valence-electron chi connectivity index (χ3n) is 8.77. The van der Waals surface area contributed by atoms with Gasteiger partial charge in [0.1, 0.15) is 30.2 Å². The first-order chi connectivity index (χ1) is 27.5. The van der Waals surface area contributed by atoms with Gasteiger partial charge >= 0.3 is 29.4 Å². The molecule has 58 heavy (non-hydrogen) atoms. The third-order valence-corrected chi connectivity index (χ3v) is 14.7. The number of hydrogen-bond acceptors (Lipinski definition) is 19. The molecule has 5 rings (SSSR count). The molecule has 11 N–H and O–H groups in total. The van der Waals surface area contributed by atoms with E-state index in [1.54, 1.807) is 0 Å². The number of nitrogens with two attached hydrogens (primary N) is 1. The predicted molar refractivity (Wildman–Crippen MR) is 201 cm³/mol. The predicted octanol–water partition coefficient (Wildman–Crippen LogP) is -1.14. The molecule has 0 aromatic carbocycles. The highest BCUT2D eigenvalue weighted by Gasteiger charge is 2.47. The zero-order valence-electron chi connectivity index (χ0n) is 30.8. The number of unbranched alkanes of at least 4 members (excludes halogenated alkanes) is 1. The van der Waals surface area contributed by atoms with Gasteiger partial charge in [0, 0.05) is 30.5 Å². The minimum Gasteiger partial charge on any atom is -0.387 e. The standard InChI is InChI=1S/C28H48N9O17P3S/c29-25-22-26(32-15-31-25)37(16-33-22)27-24(40)23(39)18(52-27)13-51-56(44,45)54-57(46,47)53-55(42,43)34-6-8-49-10-12-50-11-9-48-7-5-30-20(38)4-2-1-3-19-21-17(14-58-19)35-28(41)36-21/h15-19,21,23-24,27,39-40H,1-14H2,(H,30,38)(H,44,45)(H,46,47)(H2,29,31,32)(H2,34,42,43)(H2,35,36,41)/t17-,18+,19-,21-,23+,24+,27+/m0/s1. The average Bonchev–Trinajstić information content (AvgIpc) is 3.90. The Bertz CT molecular complexity index is 1840. The van der Waals surface area contributed by atoms with Crippen molar-refractivity contribution in [2.24, 2.45) is 0 Å². The quantitative estimate of drug-likeness (QED) is 0.0303. The summed E-state index contributed by atoms with van der Waals surface area (Å²) >= 11 is 1.85. The highest BCUT2D eigenvalue weighted by Crippen LogP contribution is 2.66. The largest absolute Gasteiger partial charge is 0.489 e. The number of rotatable bonds is 26. The number of fused-ring (bicyclic) bond motifs is 2. The monoisotopic (exact) mass is 907 g/mol. The Morgan fingerprint density at radius 2 is 1.66 bits per heavy atom. The first-order valence-electron chi connectivity index (χ1n) is 18.0. The van der Waals surface area contributed by atoms with Gasteiger partial charge in [-0.1, -0.05) is 6.42 Å². The molecule has 3 amide bonds. The Morgan fingerprint density at radius 1 is 0.948 bits per heavy atom. The normalized spacial score (nSPS) is 27.4. The van der Waals surface area contributed by atoms with E-state index in [9.17, 15) is 48.2 Å². The maximum absolute atomic E-state index is 12.4. The first-order valence-corrected chi connectivity index (χ1v) is 23.6. The highest BCUT2D eigenvalue weighted by atomic mass is 32.2. The van der Waals surface area contributed by atoms with E-state index in [1.807, 2.05) is 16.8 Å². The number of nitrogens with zero attached hydrogens (tertiary/aromatic N) is 4. The number of thioether (sulfide) groups is 1. The minimum absolute atomic E-state index is 0.0373. The third kappa shape index (κ3) is 13.8. The summed E-state index contributed by atoms with van der Waals surface area (Å²) in [6.07, 6.45) is -0.743. The van der Waals surface area contributed by atoms with Crippen LogP contribution in [0.5, 0.6) is 0 Å². The van der Waals surface area contributed by atoms with Crippen LogP contribution in [0, 0.1) is 0 Å². The number of phosphoric ester groups is 1. The summed E-state index contributed by atoms with van der Waals surface area (Å²) < 4.78 is 72.6. The Hall–Kier alpha value is -2.39. The summed E-state index contributed by atoms with van der Waals surface area (Å²) in [5.41, 5.74) is 6.08. The van der Waals surface area contributed by atoms with Crippen molar-refractivity contribution in [2.75, 3.05) is 70.8 Å². The maximum atomic E-state index is 12.4. The van der Waals surface area contributed by atoms with Crippen molar-refractivity contribution >= 4 is 64.1 Å². The van der Waals surface area contributed by atoms with Gasteiger partial charge in [-0.15, -0.1) is 0 Å². The molecule has 0 radical (unpaired) electrons. The molecule has 2 aromatic rings. The second-order valence-electron chi connectivity index (χ2n) is 13.0. The van der Waals surface area contributed by atoms with Gasteiger partial charge in [0.05, 0.1) is 64.7 Å². The van der Waals surface area contributed by atoms with Gasteiger partial charge < -0.3 is 65.5 Å². The lowest BCUT2D eigenvalue weighted by Gasteiger charge is -2.20. The number of imidazole rings is 1. The van der Waals surface area contributed by atoms with Crippen molar-refractivity contribution in [3.05, 3.63) is 12.7 Å². The minimum atomic E-state index is -5.72. The van der Waals surface area contributed by atoms with E-state index in [-0.39, 0.29) is 80.6 Å². The van der Waals surface area contributed by atoms with Crippen LogP contribution in [0.1, 0.15) is 31.9 Å². The Balaban J connectivity index is 0.850. The number of urea groups is 1. The molecule has 0 aliphatic carbocycles. The molecular weight excluding hydrogens is 859 g/mol. The summed E-state index contributed by atoms with van der Waals surface area (Å²) in [6.45, 7) is -0.115. The van der Waals surface area contributed by atoms with Crippen LogP contribution in [-0.2, 0) is 50.6 Å². The number of nitrogen functional groups attached to an aromatic ring is 1. The SMILES string of the molecule is Nc1ncnc2c1ncn2[C@@H]1O[C@H](COP(=O)(O)OP(=O)(O)OP(=O)(O)NCCOCCOCCOCCNC(=O)CCCC[C@@H]2SC[C@@H]3NC(=O)N[C@@H]32)[C@@H](O)[C@H]1O. The van der Waals surface area contributed by atoms with Crippen molar-refractivity contribution in [3.63, 3.8) is 0 Å². The maximum Gasteiger partial charge on any atom is 0.489 e. The van der Waals surface area contributed by atoms with Gasteiger partial charge in [-0.25, -0.2) is 38.5 Å². The lowest BCUT2D eigenvalue weighted by molar-refractivity contribution is -0.121. The molecule has 3 fully saturated rings. The second kappa shape index (κ2) is 21.4. The van der Waals surface area contributed by atoms with Gasteiger partial charge in [-0.3, -0.25) is 13.9 Å². The fourth-order valence-electron chi connectivity index (χ4n) is 6.08. The number of hydrogen-bond donors (Lipinski definition) is 10. The molecule has 328 valence electrons. The second-order valence-corrected chi connectivity index (χ2v) is 19.1. The first kappa shape index (κ1) is 46.7. The summed E-state index contributed by atoms with van der Waals surface area (Å²) in [5.74, 6) is 0.885. The number of nitrogens with one attached hydrogen (secondary N) is 4. The van der Waals surface area contributed by atoms with Crippen molar-refractivity contribution in [2.45, 2.75) is 67.6 Å². The van der Waals surface area contributed by atoms with E-state index < -0.39 is 54.5 Å². The molecule has 0 saturated carbocycles. The average molecular weight is 908 g/mol. The van der Waals surface area contributed by atoms with Gasteiger partial charge in [-0.2, -0.15) is 20.4 Å². The lowest BCUT2D eigenvalue weighted by Crippen LogP contribution is -2.36. The number of phosphoric acid groups is 2. The number of carbonyl (C=O) groups is 2. The topological polar surface area (TPSA) is 369 Å². The number of anilines is 1. The van der Waals surface area contributed by atoms with Crippen LogP contribution in [0.4, 0.5) is 10.6 Å². The van der Waals surface area contributed by atoms with Crippen LogP contribution >= 0.6 is 35.2 Å². The zero-order chi connectivity index (χ0) is 41.9. The number of aliphatic hydroxyl groups is 2. The summed E-state index contributed by atoms with van der Waals surface area (Å²) in [7, 11) is -16.3. The lowest BCUT2D eigenvalue weighted by atomic mass is 10.0. The van der Waals surface area contributed by atoms with E-state index >= 15 is 0 Å². The molecule has 0 spiro atoms. The van der Waals surface area contributed by atoms with Crippen LogP contribution in [0.25, 0.3) is 11.2 Å². The molecule has 0 bridgehead atoms. The molecule has 2 aromatic heterocycles. The summed E-state index contributed by atoms with van der Waals surface area (Å²) in [6, 6.07) is 0.240. The molecule has 10 atom stereocenters. The van der Waals surface area contributed by atoms with E-state index in [4.69, 9.17) is 24.7 Å². The molecular formula is C28H48N9O17P3S. The smallest absolute Gasteiger partial charge is 0.387 e. The molecule has 30 heteroatoms. The molecule has 3 aliphatic rings. The molecule has 5 heterocycles. The van der Waals surface area contributed by atoms with Crippen LogP contribution in [0.15, 0.2) is 12.7 Å². The molecule has 3 unspecified atom stereocenters. The van der Waals surface area contributed by atoms with E-state index in [0.717, 1.165) is 31.3 Å². The van der Waals surface area contributed by atoms with Crippen LogP contribution in [0.3, 0.4) is 0 Å². The van der Waals surface area contributed by atoms with Crippen molar-refractivity contribution < 1.29 is 80.3 Å². The number of amides is 3. The number of ether oxygens (including phenoxy) is 4. The number of aromatic nitrogens is 4. The summed E-state index contributed by atoms with van der Waals surface area (Å²) in [5, 5.41) is 31.9. The fraction of sp³-hybridized carbons (Fsp3) is 0.750. The van der Waals surface area contributed by atoms with Gasteiger partial charge in [0.2, 0.25) is 5.91 Å². The summed E-state index contributed by atoms with van der Waals surface area (Å²) in [4.78, 5) is 65.1. The van der Waals surface area contributed by atoms with Crippen LogP contribution in [-0.4, -0.2) is 157 Å². The number of aliphatic hydroxyl groups excluding tert-OH is 2. The zero-order valence-corrected chi connectivity index (χ0v) is 34.3. The van der Waals surface area contributed by atoms with E-state index in [2.05, 4.69) is 44.0 Å². The van der Waals surface area contributed by atoms with Crippen molar-refractivity contribution in [1.82, 2.24) is 40.6 Å². The highest BCUT2D eigenvalue weighted by molar-refractivity contribution is 8.00. The van der Waals surface area contributed by atoms with Crippen molar-refractivity contribution in [3.8, 4) is 0 Å². The fourth-order valence-corrected chi connectivity index (χ4v) is 11.3. The van der Waals surface area contributed by atoms with Gasteiger partial charge in [-0.05, 0) is 12.8 Å². The van der Waals surface area contributed by atoms with Gasteiger partial charge in [0.15, 0.2) is 17.7 Å². The Kier molecular flexibility index (Phi) is 17.2. The van der Waals surface area contributed by atoms with E-state index in [1.165, 1.54) is 10.9 Å². The van der Waals surface area contributed by atoms with Crippen molar-refractivity contribution in [1.29, 1.82) is 0 Å². The Morgan fingerprint density at radius 3 is 2.40 bits per heavy atom. The van der Waals surface area contributed by atoms with Gasteiger partial charge in [0.25, 0.3) is 0 Å². The molecule has 3 aliphatic heterocycles. The van der Waals surface area contributed by atoms with Crippen LogP contribution in [0.2, 0.25) is 0 Å². The Labute approximate surface area is 335 Å². The number of carbonyl (C=O) groups excluding carboxylic acids is 2.